The molecular formula is C22H37N3O3. The van der Waals surface area contributed by atoms with Gasteiger partial charge in [-0.2, -0.15) is 0 Å². The van der Waals surface area contributed by atoms with Crippen LogP contribution in [0.4, 0.5) is 0 Å². The Hall–Kier alpha value is -1.79. The molecule has 6 heteroatoms. The van der Waals surface area contributed by atoms with E-state index in [1.54, 1.807) is 0 Å². The van der Waals surface area contributed by atoms with Gasteiger partial charge in [0.15, 0.2) is 5.96 Å². The number of aryl methyl sites for hydroxylation is 2. The number of guanidine groups is 1. The number of benzene rings is 1. The van der Waals surface area contributed by atoms with Crippen molar-refractivity contribution < 1.29 is 14.2 Å². The predicted octanol–water partition coefficient (Wildman–Crippen LogP) is 3.07. The van der Waals surface area contributed by atoms with E-state index in [1.165, 1.54) is 11.1 Å². The fourth-order valence-electron chi connectivity index (χ4n) is 3.22. The summed E-state index contributed by atoms with van der Waals surface area (Å²) in [6.07, 6.45) is 3.17. The Morgan fingerprint density at radius 3 is 2.57 bits per heavy atom. The highest BCUT2D eigenvalue weighted by Crippen LogP contribution is 2.16. The first-order valence-corrected chi connectivity index (χ1v) is 10.6. The van der Waals surface area contributed by atoms with Gasteiger partial charge in [0, 0.05) is 39.5 Å². The van der Waals surface area contributed by atoms with Crippen molar-refractivity contribution in [3.63, 3.8) is 0 Å². The molecule has 1 aromatic carbocycles. The third kappa shape index (κ3) is 9.42. The minimum absolute atomic E-state index is 0.599. The van der Waals surface area contributed by atoms with Crippen LogP contribution in [-0.4, -0.2) is 58.6 Å². The second kappa shape index (κ2) is 13.4. The van der Waals surface area contributed by atoms with Gasteiger partial charge < -0.3 is 24.8 Å². The molecule has 28 heavy (non-hydrogen) atoms. The van der Waals surface area contributed by atoms with Crippen LogP contribution >= 0.6 is 0 Å². The molecule has 0 radical (unpaired) electrons. The first kappa shape index (κ1) is 22.5. The van der Waals surface area contributed by atoms with E-state index >= 15 is 0 Å². The first-order chi connectivity index (χ1) is 13.7. The molecule has 0 saturated carbocycles. The second-order valence-corrected chi connectivity index (χ2v) is 7.34. The van der Waals surface area contributed by atoms with Gasteiger partial charge >= 0.3 is 0 Å². The lowest BCUT2D eigenvalue weighted by Gasteiger charge is -2.21. The van der Waals surface area contributed by atoms with E-state index < -0.39 is 0 Å². The zero-order valence-corrected chi connectivity index (χ0v) is 17.8. The van der Waals surface area contributed by atoms with Crippen molar-refractivity contribution >= 4 is 5.96 Å². The monoisotopic (exact) mass is 391 g/mol. The van der Waals surface area contributed by atoms with Gasteiger partial charge in [-0.1, -0.05) is 6.07 Å². The van der Waals surface area contributed by atoms with E-state index in [2.05, 4.69) is 54.6 Å². The zero-order chi connectivity index (χ0) is 20.0. The van der Waals surface area contributed by atoms with Crippen molar-refractivity contribution in [2.45, 2.75) is 40.0 Å². The van der Waals surface area contributed by atoms with Crippen LogP contribution in [0, 0.1) is 19.8 Å². The lowest BCUT2D eigenvalue weighted by Crippen LogP contribution is -2.39. The lowest BCUT2D eigenvalue weighted by molar-refractivity contribution is 0.0205. The molecule has 0 unspecified atom stereocenters. The highest BCUT2D eigenvalue weighted by atomic mass is 16.5. The van der Waals surface area contributed by atoms with Gasteiger partial charge in [0.1, 0.15) is 12.4 Å². The molecule has 6 nitrogen and oxygen atoms in total. The van der Waals surface area contributed by atoms with Crippen LogP contribution in [0.2, 0.25) is 0 Å². The first-order valence-electron chi connectivity index (χ1n) is 10.6. The molecule has 0 aliphatic carbocycles. The fourth-order valence-corrected chi connectivity index (χ4v) is 3.22. The normalized spacial score (nSPS) is 15.5. The standard InChI is InChI=1S/C22H37N3O3/c1-4-23-22(24-8-5-10-27-17-20-6-11-26-12-7-20)25-9-13-28-21-15-18(2)14-19(3)16-21/h14-16,20H,4-13,17H2,1-3H3,(H2,23,24,25). The fraction of sp³-hybridized carbons (Fsp3) is 0.682. The van der Waals surface area contributed by atoms with Crippen molar-refractivity contribution in [2.75, 3.05) is 52.7 Å². The van der Waals surface area contributed by atoms with Crippen molar-refractivity contribution in [1.29, 1.82) is 0 Å². The highest BCUT2D eigenvalue weighted by Gasteiger charge is 2.13. The van der Waals surface area contributed by atoms with Crippen LogP contribution in [0.3, 0.4) is 0 Å². The number of hydrogen-bond donors (Lipinski definition) is 2. The quantitative estimate of drug-likeness (QED) is 0.345. The third-order valence-corrected chi connectivity index (χ3v) is 4.61. The SMILES string of the molecule is CCNC(=NCCCOCC1CCOCC1)NCCOc1cc(C)cc(C)c1. The van der Waals surface area contributed by atoms with Crippen LogP contribution in [-0.2, 0) is 9.47 Å². The maximum absolute atomic E-state index is 5.84. The molecule has 0 aromatic heterocycles. The van der Waals surface area contributed by atoms with Crippen LogP contribution in [0.25, 0.3) is 0 Å². The number of nitrogens with one attached hydrogen (secondary N) is 2. The van der Waals surface area contributed by atoms with E-state index in [0.717, 1.165) is 70.5 Å². The van der Waals surface area contributed by atoms with Crippen LogP contribution in [0.15, 0.2) is 23.2 Å². The van der Waals surface area contributed by atoms with Crippen LogP contribution in [0.5, 0.6) is 5.75 Å². The van der Waals surface area contributed by atoms with Crippen molar-refractivity contribution in [1.82, 2.24) is 10.6 Å². The molecule has 2 rings (SSSR count). The molecule has 1 saturated heterocycles. The van der Waals surface area contributed by atoms with Gasteiger partial charge in [-0.15, -0.1) is 0 Å². The molecule has 1 heterocycles. The Morgan fingerprint density at radius 2 is 1.86 bits per heavy atom. The number of rotatable bonds is 11. The zero-order valence-electron chi connectivity index (χ0n) is 17.8. The highest BCUT2D eigenvalue weighted by molar-refractivity contribution is 5.79. The molecule has 1 aromatic rings. The average Bonchev–Trinajstić information content (AvgIpc) is 2.68. The van der Waals surface area contributed by atoms with Gasteiger partial charge in [0.05, 0.1) is 6.54 Å². The minimum Gasteiger partial charge on any atom is -0.492 e. The van der Waals surface area contributed by atoms with E-state index in [9.17, 15) is 0 Å². The summed E-state index contributed by atoms with van der Waals surface area (Å²) in [7, 11) is 0. The van der Waals surface area contributed by atoms with Crippen LogP contribution < -0.4 is 15.4 Å². The molecule has 0 amide bonds. The summed E-state index contributed by atoms with van der Waals surface area (Å²) in [6, 6.07) is 6.27. The topological polar surface area (TPSA) is 64.1 Å². The summed E-state index contributed by atoms with van der Waals surface area (Å²) in [5.74, 6) is 2.41. The molecule has 1 fully saturated rings. The van der Waals surface area contributed by atoms with Crippen molar-refractivity contribution in [3.05, 3.63) is 29.3 Å². The van der Waals surface area contributed by atoms with Gasteiger partial charge in [0.25, 0.3) is 0 Å². The van der Waals surface area contributed by atoms with Gasteiger partial charge in [-0.25, -0.2) is 0 Å². The summed E-state index contributed by atoms with van der Waals surface area (Å²) in [5, 5.41) is 6.59. The molecule has 1 aliphatic rings. The second-order valence-electron chi connectivity index (χ2n) is 7.34. The molecule has 2 N–H and O–H groups in total. The molecule has 0 atom stereocenters. The van der Waals surface area contributed by atoms with E-state index in [-0.39, 0.29) is 0 Å². The van der Waals surface area contributed by atoms with E-state index in [1.807, 2.05) is 0 Å². The van der Waals surface area contributed by atoms with E-state index in [4.69, 9.17) is 14.2 Å². The minimum atomic E-state index is 0.599. The lowest BCUT2D eigenvalue weighted by atomic mass is 10.0. The Balaban J connectivity index is 1.58. The number of aliphatic imine (C=N–C) groups is 1. The van der Waals surface area contributed by atoms with E-state index in [0.29, 0.717) is 19.1 Å². The number of ether oxygens (including phenoxy) is 3. The number of hydrogen-bond acceptors (Lipinski definition) is 4. The molecule has 158 valence electrons. The van der Waals surface area contributed by atoms with Crippen molar-refractivity contribution in [3.8, 4) is 5.75 Å². The Kier molecular flexibility index (Phi) is 10.8. The Morgan fingerprint density at radius 1 is 1.11 bits per heavy atom. The van der Waals surface area contributed by atoms with Gasteiger partial charge in [0.2, 0.25) is 0 Å². The summed E-state index contributed by atoms with van der Waals surface area (Å²) >= 11 is 0. The third-order valence-electron chi connectivity index (χ3n) is 4.61. The summed E-state index contributed by atoms with van der Waals surface area (Å²) < 4.78 is 17.0. The van der Waals surface area contributed by atoms with Gasteiger partial charge in [-0.05, 0) is 69.2 Å². The maximum atomic E-state index is 5.84. The summed E-state index contributed by atoms with van der Waals surface area (Å²) in [4.78, 5) is 4.61. The molecule has 1 aliphatic heterocycles. The average molecular weight is 392 g/mol. The molecule has 0 bridgehead atoms. The maximum Gasteiger partial charge on any atom is 0.191 e. The molecular weight excluding hydrogens is 354 g/mol. The number of nitrogens with zero attached hydrogens (tertiary/aromatic N) is 1. The summed E-state index contributed by atoms with van der Waals surface area (Å²) in [5.41, 5.74) is 2.44. The summed E-state index contributed by atoms with van der Waals surface area (Å²) in [6.45, 7) is 12.5. The molecule has 0 spiro atoms. The Bertz CT molecular complexity index is 566. The smallest absolute Gasteiger partial charge is 0.191 e. The Labute approximate surface area is 170 Å². The predicted molar refractivity (Wildman–Crippen MR) is 114 cm³/mol. The van der Waals surface area contributed by atoms with Crippen molar-refractivity contribution in [2.24, 2.45) is 10.9 Å². The van der Waals surface area contributed by atoms with Gasteiger partial charge in [-0.3, -0.25) is 4.99 Å². The van der Waals surface area contributed by atoms with Crippen LogP contribution in [0.1, 0.15) is 37.3 Å². The largest absolute Gasteiger partial charge is 0.492 e.